The quantitative estimate of drug-likeness (QED) is 0.413. The van der Waals surface area contributed by atoms with Crippen molar-refractivity contribution in [3.8, 4) is 0 Å². The highest BCUT2D eigenvalue weighted by Gasteiger charge is 2.64. The molecule has 25 heavy (non-hydrogen) atoms. The van der Waals surface area contributed by atoms with Crippen LogP contribution in [-0.4, -0.2) is 28.9 Å². The van der Waals surface area contributed by atoms with Crippen LogP contribution in [0.15, 0.2) is 12.7 Å². The molecule has 0 unspecified atom stereocenters. The highest BCUT2D eigenvalue weighted by atomic mass is 16.6. The Balaban J connectivity index is 2.41. The highest BCUT2D eigenvalue weighted by molar-refractivity contribution is 5.94. The largest absolute Gasteiger partial charge is 0.458 e. The molecule has 0 atom stereocenters. The van der Waals surface area contributed by atoms with Gasteiger partial charge >= 0.3 is 11.9 Å². The zero-order valence-electron chi connectivity index (χ0n) is 15.7. The van der Waals surface area contributed by atoms with E-state index in [9.17, 15) is 14.4 Å². The van der Waals surface area contributed by atoms with E-state index in [0.717, 1.165) is 51.4 Å². The molecule has 0 heterocycles. The summed E-state index contributed by atoms with van der Waals surface area (Å²) in [5.74, 6) is -1.12. The van der Waals surface area contributed by atoms with E-state index in [1.165, 1.54) is 13.0 Å². The molecular formula is C20H30O5. The summed E-state index contributed by atoms with van der Waals surface area (Å²) in [4.78, 5) is 35.6. The van der Waals surface area contributed by atoms with E-state index in [4.69, 9.17) is 9.47 Å². The molecule has 140 valence electrons. The van der Waals surface area contributed by atoms with Gasteiger partial charge in [0.1, 0.15) is 23.4 Å². The summed E-state index contributed by atoms with van der Waals surface area (Å²) in [5, 5.41) is 0. The summed E-state index contributed by atoms with van der Waals surface area (Å²) in [6, 6.07) is 0. The van der Waals surface area contributed by atoms with E-state index in [-0.39, 0.29) is 12.2 Å². The molecule has 0 aliphatic heterocycles. The van der Waals surface area contributed by atoms with Gasteiger partial charge in [0.2, 0.25) is 0 Å². The molecule has 0 aromatic carbocycles. The predicted octanol–water partition coefficient (Wildman–Crippen LogP) is 3.89. The highest BCUT2D eigenvalue weighted by Crippen LogP contribution is 2.61. The normalized spacial score (nSPS) is 29.2. The lowest BCUT2D eigenvalue weighted by Crippen LogP contribution is -2.65. The lowest BCUT2D eigenvalue weighted by Gasteiger charge is -2.61. The van der Waals surface area contributed by atoms with E-state index in [0.29, 0.717) is 0 Å². The molecule has 0 N–H and O–H groups in total. The van der Waals surface area contributed by atoms with Crippen molar-refractivity contribution in [2.45, 2.75) is 89.8 Å². The summed E-state index contributed by atoms with van der Waals surface area (Å²) in [6.45, 7) is 8.72. The first-order valence-electron chi connectivity index (χ1n) is 9.25. The molecule has 0 bridgehead atoms. The van der Waals surface area contributed by atoms with Gasteiger partial charge in [-0.1, -0.05) is 19.4 Å². The van der Waals surface area contributed by atoms with Crippen LogP contribution in [0.4, 0.5) is 0 Å². The maximum absolute atomic E-state index is 12.4. The van der Waals surface area contributed by atoms with Crippen molar-refractivity contribution in [3.63, 3.8) is 0 Å². The Morgan fingerprint density at radius 1 is 1.04 bits per heavy atom. The molecule has 0 spiro atoms. The van der Waals surface area contributed by atoms with Crippen molar-refractivity contribution in [2.24, 2.45) is 5.41 Å². The second-order valence-corrected chi connectivity index (χ2v) is 7.98. The number of rotatable bonds is 6. The Morgan fingerprint density at radius 2 is 1.56 bits per heavy atom. The van der Waals surface area contributed by atoms with Gasteiger partial charge < -0.3 is 9.47 Å². The van der Waals surface area contributed by atoms with Crippen molar-refractivity contribution < 1.29 is 23.9 Å². The molecule has 2 saturated carbocycles. The van der Waals surface area contributed by atoms with E-state index in [1.54, 1.807) is 0 Å². The first-order chi connectivity index (χ1) is 11.7. The maximum atomic E-state index is 12.4. The topological polar surface area (TPSA) is 69.7 Å². The number of carbonyl (C=O) groups is 3. The van der Waals surface area contributed by atoms with Gasteiger partial charge in [-0.25, -0.2) is 4.79 Å². The average molecular weight is 350 g/mol. The molecule has 0 saturated heterocycles. The zero-order valence-corrected chi connectivity index (χ0v) is 15.7. The Kier molecular flexibility index (Phi) is 5.75. The van der Waals surface area contributed by atoms with Crippen molar-refractivity contribution >= 4 is 17.7 Å². The molecule has 0 aromatic heterocycles. The van der Waals surface area contributed by atoms with Crippen LogP contribution in [0.25, 0.3) is 0 Å². The molecule has 0 aromatic rings. The molecule has 2 fully saturated rings. The number of hydrogen-bond donors (Lipinski definition) is 0. The predicted molar refractivity (Wildman–Crippen MR) is 93.9 cm³/mol. The van der Waals surface area contributed by atoms with Crippen LogP contribution in [0.5, 0.6) is 0 Å². The monoisotopic (exact) mass is 350 g/mol. The number of ether oxygens (including phenoxy) is 2. The third kappa shape index (κ3) is 3.65. The summed E-state index contributed by atoms with van der Waals surface area (Å²) < 4.78 is 11.8. The van der Waals surface area contributed by atoms with Crippen LogP contribution >= 0.6 is 0 Å². The van der Waals surface area contributed by atoms with Gasteiger partial charge in [0.05, 0.1) is 0 Å². The Labute approximate surface area is 150 Å². The maximum Gasteiger partial charge on any atom is 0.330 e. The molecule has 2 rings (SSSR count). The number of ketones is 1. The van der Waals surface area contributed by atoms with Gasteiger partial charge in [-0.15, -0.1) is 0 Å². The molecule has 0 amide bonds. The van der Waals surface area contributed by atoms with Gasteiger partial charge in [-0.2, -0.15) is 0 Å². The van der Waals surface area contributed by atoms with Gasteiger partial charge in [0.25, 0.3) is 0 Å². The Bertz CT molecular complexity index is 548. The lowest BCUT2D eigenvalue weighted by atomic mass is 9.50. The van der Waals surface area contributed by atoms with Gasteiger partial charge in [-0.05, 0) is 59.3 Å². The molecule has 5 heteroatoms. The molecule has 0 radical (unpaired) electrons. The first kappa shape index (κ1) is 19.7. The summed E-state index contributed by atoms with van der Waals surface area (Å²) in [5.41, 5.74) is -1.88. The van der Waals surface area contributed by atoms with Crippen LogP contribution < -0.4 is 0 Å². The van der Waals surface area contributed by atoms with Crippen LogP contribution in [-0.2, 0) is 23.9 Å². The van der Waals surface area contributed by atoms with E-state index >= 15 is 0 Å². The smallest absolute Gasteiger partial charge is 0.330 e. The molecule has 2 aliphatic rings. The molecular weight excluding hydrogens is 320 g/mol. The zero-order chi connectivity index (χ0) is 18.7. The van der Waals surface area contributed by atoms with Crippen LogP contribution in [0.1, 0.15) is 78.6 Å². The minimum absolute atomic E-state index is 0.198. The summed E-state index contributed by atoms with van der Waals surface area (Å²) in [6.07, 6.45) is 8.15. The van der Waals surface area contributed by atoms with Gasteiger partial charge in [0, 0.05) is 11.5 Å². The SMILES string of the molecule is C=CC(=O)OC(C)(C)C12CCCCC1(OC(=O)CC(C)=O)CCCC2. The number of hydrogen-bond acceptors (Lipinski definition) is 5. The summed E-state index contributed by atoms with van der Waals surface area (Å²) in [7, 11) is 0. The number of carbonyl (C=O) groups excluding carboxylic acids is 3. The fourth-order valence-corrected chi connectivity index (χ4v) is 5.06. The van der Waals surface area contributed by atoms with E-state index < -0.39 is 28.6 Å². The van der Waals surface area contributed by atoms with E-state index in [2.05, 4.69) is 6.58 Å². The standard InChI is InChI=1S/C20H30O5/c1-5-16(22)24-18(3,4)19-10-6-8-12-20(19,13-9-7-11-19)25-17(23)14-15(2)21/h5H,1,6-14H2,2-4H3. The van der Waals surface area contributed by atoms with Crippen molar-refractivity contribution in [1.29, 1.82) is 0 Å². The average Bonchev–Trinajstić information content (AvgIpc) is 2.52. The second kappa shape index (κ2) is 7.30. The Hall–Kier alpha value is -1.65. The second-order valence-electron chi connectivity index (χ2n) is 7.98. The van der Waals surface area contributed by atoms with Crippen molar-refractivity contribution in [2.75, 3.05) is 0 Å². The number of Topliss-reactive ketones (excluding diaryl/α,β-unsaturated/α-hetero) is 1. The molecule has 5 nitrogen and oxygen atoms in total. The minimum atomic E-state index is -0.782. The third-order valence-corrected chi connectivity index (χ3v) is 6.12. The summed E-state index contributed by atoms with van der Waals surface area (Å²) >= 11 is 0. The number of fused-ring (bicyclic) bond motifs is 1. The van der Waals surface area contributed by atoms with Gasteiger partial charge in [-0.3, -0.25) is 9.59 Å². The third-order valence-electron chi connectivity index (χ3n) is 6.12. The van der Waals surface area contributed by atoms with Gasteiger partial charge in [0.15, 0.2) is 0 Å². The molecule has 2 aliphatic carbocycles. The van der Waals surface area contributed by atoms with E-state index in [1.807, 2.05) is 13.8 Å². The van der Waals surface area contributed by atoms with Crippen LogP contribution in [0.2, 0.25) is 0 Å². The van der Waals surface area contributed by atoms with Crippen molar-refractivity contribution in [3.05, 3.63) is 12.7 Å². The van der Waals surface area contributed by atoms with Crippen LogP contribution in [0.3, 0.4) is 0 Å². The first-order valence-corrected chi connectivity index (χ1v) is 9.25. The van der Waals surface area contributed by atoms with Crippen LogP contribution in [0, 0.1) is 5.41 Å². The minimum Gasteiger partial charge on any atom is -0.458 e. The van der Waals surface area contributed by atoms with Crippen molar-refractivity contribution in [1.82, 2.24) is 0 Å². The fraction of sp³-hybridized carbons (Fsp3) is 0.750. The number of esters is 2. The fourth-order valence-electron chi connectivity index (χ4n) is 5.06. The lowest BCUT2D eigenvalue weighted by molar-refractivity contribution is -0.246. The Morgan fingerprint density at radius 3 is 2.04 bits per heavy atom.